The molecule has 2 aromatic rings. The van der Waals surface area contributed by atoms with Crippen LogP contribution in [-0.4, -0.2) is 47.0 Å². The Morgan fingerprint density at radius 3 is 2.42 bits per heavy atom. The highest BCUT2D eigenvalue weighted by molar-refractivity contribution is 6.08. The van der Waals surface area contributed by atoms with E-state index in [1.54, 1.807) is 7.11 Å². The highest BCUT2D eigenvalue weighted by atomic mass is 16.5. The number of rotatable bonds is 5. The molecule has 7 nitrogen and oxygen atoms in total. The van der Waals surface area contributed by atoms with Gasteiger partial charge in [-0.3, -0.25) is 19.3 Å². The number of carbonyl (C=O) groups excluding carboxylic acids is 3. The molecule has 7 heteroatoms. The molecule has 1 aliphatic carbocycles. The quantitative estimate of drug-likeness (QED) is 0.658. The van der Waals surface area contributed by atoms with Crippen molar-refractivity contribution in [3.8, 4) is 5.75 Å². The van der Waals surface area contributed by atoms with Gasteiger partial charge in [-0.25, -0.2) is 5.01 Å². The molecule has 1 saturated heterocycles. The van der Waals surface area contributed by atoms with Crippen LogP contribution in [0.1, 0.15) is 55.7 Å². The number of ether oxygens (including phenoxy) is 1. The molecule has 33 heavy (non-hydrogen) atoms. The van der Waals surface area contributed by atoms with Gasteiger partial charge in [-0.05, 0) is 36.1 Å². The second-order valence-electron chi connectivity index (χ2n) is 9.09. The Labute approximate surface area is 193 Å². The van der Waals surface area contributed by atoms with Crippen LogP contribution in [0.25, 0.3) is 0 Å². The van der Waals surface area contributed by atoms with Crippen LogP contribution in [0.4, 0.5) is 0 Å². The third-order valence-electron chi connectivity index (χ3n) is 7.12. The molecule has 0 N–H and O–H groups in total. The average molecular weight is 446 g/mol. The summed E-state index contributed by atoms with van der Waals surface area (Å²) in [6, 6.07) is 17.0. The van der Waals surface area contributed by atoms with Crippen molar-refractivity contribution in [3.63, 3.8) is 0 Å². The van der Waals surface area contributed by atoms with E-state index in [4.69, 9.17) is 4.74 Å². The summed E-state index contributed by atoms with van der Waals surface area (Å²) in [6.07, 6.45) is 4.15. The van der Waals surface area contributed by atoms with Crippen LogP contribution in [0.15, 0.2) is 59.7 Å². The minimum atomic E-state index is -0.587. The summed E-state index contributed by atoms with van der Waals surface area (Å²) in [6.45, 7) is -0.266. The monoisotopic (exact) mass is 445 g/mol. The number of benzene rings is 2. The molecule has 0 radical (unpaired) electrons. The van der Waals surface area contributed by atoms with Gasteiger partial charge in [0.25, 0.3) is 5.91 Å². The molecule has 3 amide bonds. The van der Waals surface area contributed by atoms with Crippen LogP contribution in [0, 0.1) is 5.41 Å². The first-order valence-electron chi connectivity index (χ1n) is 11.4. The van der Waals surface area contributed by atoms with Crippen molar-refractivity contribution in [3.05, 3.63) is 65.7 Å². The van der Waals surface area contributed by atoms with Crippen LogP contribution < -0.4 is 4.74 Å². The summed E-state index contributed by atoms with van der Waals surface area (Å²) in [4.78, 5) is 40.4. The molecular weight excluding hydrogens is 418 g/mol. The van der Waals surface area contributed by atoms with E-state index in [1.165, 1.54) is 5.01 Å². The normalized spacial score (nSPS) is 21.7. The number of likely N-dealkylation sites (tertiary alicyclic amines) is 1. The molecule has 2 heterocycles. The zero-order valence-corrected chi connectivity index (χ0v) is 18.7. The highest BCUT2D eigenvalue weighted by Crippen LogP contribution is 2.47. The first kappa shape index (κ1) is 21.4. The van der Waals surface area contributed by atoms with E-state index in [-0.39, 0.29) is 36.7 Å². The van der Waals surface area contributed by atoms with E-state index in [0.29, 0.717) is 6.42 Å². The lowest BCUT2D eigenvalue weighted by atomic mass is 9.84. The van der Waals surface area contributed by atoms with Gasteiger partial charge in [-0.15, -0.1) is 0 Å². The molecule has 0 bridgehead atoms. The number of hydrogen-bond donors (Lipinski definition) is 0. The van der Waals surface area contributed by atoms with Crippen LogP contribution in [0.5, 0.6) is 5.75 Å². The molecule has 0 aromatic heterocycles. The van der Waals surface area contributed by atoms with Crippen molar-refractivity contribution < 1.29 is 19.1 Å². The zero-order chi connectivity index (χ0) is 23.0. The lowest BCUT2D eigenvalue weighted by Crippen LogP contribution is -2.42. The van der Waals surface area contributed by atoms with Crippen molar-refractivity contribution in [1.29, 1.82) is 0 Å². The predicted octanol–water partition coefficient (Wildman–Crippen LogP) is 3.69. The number of hydrogen-bond acceptors (Lipinski definition) is 5. The lowest BCUT2D eigenvalue weighted by Gasteiger charge is -2.25. The second-order valence-corrected chi connectivity index (χ2v) is 9.09. The van der Waals surface area contributed by atoms with Gasteiger partial charge in [0.1, 0.15) is 12.3 Å². The molecule has 2 aromatic carbocycles. The van der Waals surface area contributed by atoms with Gasteiger partial charge in [0.05, 0.1) is 24.3 Å². The number of imide groups is 1. The predicted molar refractivity (Wildman–Crippen MR) is 122 cm³/mol. The number of carbonyl (C=O) groups is 3. The Hall–Kier alpha value is -3.48. The smallest absolute Gasteiger partial charge is 0.263 e. The SMILES string of the molecule is COc1ccc([C@@H]2CC(c3ccccc3)=NN2C(=O)CN2C(=O)CC3(CCCC3)C2=O)cc1. The molecule has 2 fully saturated rings. The number of hydrazone groups is 1. The molecule has 1 spiro atoms. The fourth-order valence-corrected chi connectivity index (χ4v) is 5.30. The van der Waals surface area contributed by atoms with Crippen molar-refractivity contribution in [2.24, 2.45) is 10.5 Å². The van der Waals surface area contributed by atoms with Crippen LogP contribution in [-0.2, 0) is 14.4 Å². The molecule has 0 unspecified atom stereocenters. The molecule has 5 rings (SSSR count). The van der Waals surface area contributed by atoms with E-state index >= 15 is 0 Å². The summed E-state index contributed by atoms with van der Waals surface area (Å²) in [5.41, 5.74) is 2.08. The van der Waals surface area contributed by atoms with Crippen LogP contribution >= 0.6 is 0 Å². The van der Waals surface area contributed by atoms with Gasteiger partial charge >= 0.3 is 0 Å². The molecule has 1 atom stereocenters. The van der Waals surface area contributed by atoms with Crippen molar-refractivity contribution in [2.45, 2.75) is 44.6 Å². The average Bonchev–Trinajstić information content (AvgIpc) is 3.55. The zero-order valence-electron chi connectivity index (χ0n) is 18.7. The standard InChI is InChI=1S/C26H27N3O4/c1-33-20-11-9-19(10-12-20)22-15-21(18-7-3-2-4-8-18)27-29(22)24(31)17-28-23(30)16-26(25(28)32)13-5-6-14-26/h2-4,7-12,22H,5-6,13-17H2,1H3/t22-/m0/s1. The van der Waals surface area contributed by atoms with Gasteiger partial charge in [0.15, 0.2) is 0 Å². The van der Waals surface area contributed by atoms with Crippen molar-refractivity contribution in [1.82, 2.24) is 9.91 Å². The van der Waals surface area contributed by atoms with Crippen molar-refractivity contribution in [2.75, 3.05) is 13.7 Å². The topological polar surface area (TPSA) is 79.3 Å². The van der Waals surface area contributed by atoms with E-state index in [9.17, 15) is 14.4 Å². The van der Waals surface area contributed by atoms with Gasteiger partial charge in [0, 0.05) is 12.8 Å². The molecule has 1 saturated carbocycles. The summed E-state index contributed by atoms with van der Waals surface area (Å²) in [5.74, 6) is -0.0547. The van der Waals surface area contributed by atoms with E-state index < -0.39 is 5.41 Å². The molecule has 170 valence electrons. The Bertz CT molecular complexity index is 1100. The minimum Gasteiger partial charge on any atom is -0.497 e. The van der Waals surface area contributed by atoms with Crippen molar-refractivity contribution >= 4 is 23.4 Å². The summed E-state index contributed by atoms with van der Waals surface area (Å²) in [5, 5.41) is 6.11. The summed E-state index contributed by atoms with van der Waals surface area (Å²) >= 11 is 0. The fourth-order valence-electron chi connectivity index (χ4n) is 5.30. The van der Waals surface area contributed by atoms with Crippen LogP contribution in [0.3, 0.4) is 0 Å². The number of amides is 3. The molecule has 3 aliphatic rings. The largest absolute Gasteiger partial charge is 0.497 e. The van der Waals surface area contributed by atoms with E-state index in [0.717, 1.165) is 53.2 Å². The third-order valence-corrected chi connectivity index (χ3v) is 7.12. The Morgan fingerprint density at radius 1 is 1.06 bits per heavy atom. The summed E-state index contributed by atoms with van der Waals surface area (Å²) in [7, 11) is 1.61. The molecule has 2 aliphatic heterocycles. The maximum absolute atomic E-state index is 13.4. The van der Waals surface area contributed by atoms with Gasteiger partial charge in [0.2, 0.25) is 11.8 Å². The van der Waals surface area contributed by atoms with Gasteiger partial charge in [-0.2, -0.15) is 5.10 Å². The third kappa shape index (κ3) is 3.81. The molecular formula is C26H27N3O4. The van der Waals surface area contributed by atoms with E-state index in [1.807, 2.05) is 54.6 Å². The van der Waals surface area contributed by atoms with E-state index in [2.05, 4.69) is 5.10 Å². The lowest BCUT2D eigenvalue weighted by molar-refractivity contribution is -0.148. The first-order valence-corrected chi connectivity index (χ1v) is 11.4. The minimum absolute atomic E-state index is 0.189. The van der Waals surface area contributed by atoms with Crippen LogP contribution in [0.2, 0.25) is 0 Å². The van der Waals surface area contributed by atoms with Gasteiger partial charge in [-0.1, -0.05) is 55.3 Å². The highest BCUT2D eigenvalue weighted by Gasteiger charge is 2.53. The first-order chi connectivity index (χ1) is 16.0. The second kappa shape index (κ2) is 8.46. The number of methoxy groups -OCH3 is 1. The van der Waals surface area contributed by atoms with Gasteiger partial charge < -0.3 is 4.74 Å². The summed E-state index contributed by atoms with van der Waals surface area (Å²) < 4.78 is 5.26. The Kier molecular flexibility index (Phi) is 5.48. The Morgan fingerprint density at radius 2 is 1.76 bits per heavy atom. The Balaban J connectivity index is 1.42. The number of nitrogens with zero attached hydrogens (tertiary/aromatic N) is 3. The maximum Gasteiger partial charge on any atom is 0.263 e. The maximum atomic E-state index is 13.4. The fraction of sp³-hybridized carbons (Fsp3) is 0.385.